The van der Waals surface area contributed by atoms with E-state index in [0.717, 1.165) is 38.0 Å². The maximum Gasteiger partial charge on any atom is 0.254 e. The molecule has 0 saturated carbocycles. The van der Waals surface area contributed by atoms with E-state index in [1.54, 1.807) is 30.1 Å². The molecule has 6 nitrogen and oxygen atoms in total. The lowest BCUT2D eigenvalue weighted by Crippen LogP contribution is -2.30. The quantitative estimate of drug-likeness (QED) is 0.743. The zero-order valence-electron chi connectivity index (χ0n) is 15.0. The van der Waals surface area contributed by atoms with Crippen molar-refractivity contribution >= 4 is 5.91 Å². The number of nitrogens with one attached hydrogen (secondary N) is 2. The molecule has 1 aromatic carbocycles. The Morgan fingerprint density at radius 3 is 2.96 bits per heavy atom. The molecular weight excluding hydrogens is 335 g/mol. The molecule has 1 saturated heterocycles. The predicted molar refractivity (Wildman–Crippen MR) is 97.2 cm³/mol. The average Bonchev–Trinajstić information content (AvgIpc) is 3.11. The summed E-state index contributed by atoms with van der Waals surface area (Å²) in [6, 6.07) is 6.31. The molecule has 0 aliphatic carbocycles. The number of carbonyl (C=O) groups is 1. The molecule has 0 bridgehead atoms. The Hall–Kier alpha value is -2.25. The summed E-state index contributed by atoms with van der Waals surface area (Å²) in [6.45, 7) is 2.94. The maximum absolute atomic E-state index is 13.7. The third-order valence-electron chi connectivity index (χ3n) is 4.64. The molecule has 0 unspecified atom stereocenters. The van der Waals surface area contributed by atoms with Gasteiger partial charge in [0.15, 0.2) is 0 Å². The number of halogens is 1. The van der Waals surface area contributed by atoms with Crippen LogP contribution in [0.3, 0.4) is 0 Å². The highest BCUT2D eigenvalue weighted by Gasteiger charge is 2.26. The van der Waals surface area contributed by atoms with E-state index in [1.807, 2.05) is 0 Å². The van der Waals surface area contributed by atoms with E-state index in [4.69, 9.17) is 4.74 Å². The van der Waals surface area contributed by atoms with Crippen molar-refractivity contribution in [2.24, 2.45) is 0 Å². The highest BCUT2D eigenvalue weighted by Crippen LogP contribution is 2.30. The Bertz CT molecular complexity index is 741. The lowest BCUT2D eigenvalue weighted by Gasteiger charge is -2.24. The summed E-state index contributed by atoms with van der Waals surface area (Å²) in [6.07, 6.45) is 4.19. The molecule has 2 aromatic rings. The standard InChI is InChI=1S/C19H25FN4O2/c1-26-11-3-8-22-19(25)17-13-23-24(16-5-2-4-15(20)12-16)18(17)14-6-9-21-10-7-14/h2,4-5,12-14,21H,3,6-11H2,1H3,(H,22,25). The fraction of sp³-hybridized carbons (Fsp3) is 0.474. The maximum atomic E-state index is 13.7. The van der Waals surface area contributed by atoms with E-state index in [1.165, 1.54) is 12.1 Å². The third kappa shape index (κ3) is 4.28. The number of rotatable bonds is 7. The number of ether oxygens (including phenoxy) is 1. The summed E-state index contributed by atoms with van der Waals surface area (Å²) in [5.41, 5.74) is 2.07. The predicted octanol–water partition coefficient (Wildman–Crippen LogP) is 2.24. The van der Waals surface area contributed by atoms with Crippen LogP contribution in [-0.4, -0.2) is 49.0 Å². The molecule has 1 fully saturated rings. The summed E-state index contributed by atoms with van der Waals surface area (Å²) in [5, 5.41) is 10.7. The van der Waals surface area contributed by atoms with Gasteiger partial charge in [-0.2, -0.15) is 5.10 Å². The van der Waals surface area contributed by atoms with Crippen LogP contribution in [0.25, 0.3) is 5.69 Å². The third-order valence-corrected chi connectivity index (χ3v) is 4.64. The van der Waals surface area contributed by atoms with Gasteiger partial charge in [0, 0.05) is 26.2 Å². The van der Waals surface area contributed by atoms with Gasteiger partial charge in [-0.15, -0.1) is 0 Å². The zero-order valence-corrected chi connectivity index (χ0v) is 15.0. The van der Waals surface area contributed by atoms with Gasteiger partial charge in [0.25, 0.3) is 5.91 Å². The van der Waals surface area contributed by atoms with Crippen molar-refractivity contribution in [3.63, 3.8) is 0 Å². The van der Waals surface area contributed by atoms with Crippen LogP contribution in [0.4, 0.5) is 4.39 Å². The number of hydrogen-bond donors (Lipinski definition) is 2. The zero-order chi connectivity index (χ0) is 18.4. The fourth-order valence-electron chi connectivity index (χ4n) is 3.35. The second-order valence-corrected chi connectivity index (χ2v) is 6.46. The lowest BCUT2D eigenvalue weighted by molar-refractivity contribution is 0.0947. The number of methoxy groups -OCH3 is 1. The van der Waals surface area contributed by atoms with Gasteiger partial charge in [0.1, 0.15) is 5.82 Å². The van der Waals surface area contributed by atoms with Crippen molar-refractivity contribution in [3.8, 4) is 5.69 Å². The minimum absolute atomic E-state index is 0.141. The number of nitrogens with zero attached hydrogens (tertiary/aromatic N) is 2. The van der Waals surface area contributed by atoms with E-state index in [0.29, 0.717) is 24.4 Å². The topological polar surface area (TPSA) is 68.2 Å². The van der Waals surface area contributed by atoms with Crippen molar-refractivity contribution in [3.05, 3.63) is 47.5 Å². The highest BCUT2D eigenvalue weighted by atomic mass is 19.1. The van der Waals surface area contributed by atoms with E-state index in [9.17, 15) is 9.18 Å². The second kappa shape index (κ2) is 8.91. The van der Waals surface area contributed by atoms with Crippen LogP contribution < -0.4 is 10.6 Å². The van der Waals surface area contributed by atoms with E-state index in [-0.39, 0.29) is 17.6 Å². The number of piperidine rings is 1. The highest BCUT2D eigenvalue weighted by molar-refractivity contribution is 5.95. The summed E-state index contributed by atoms with van der Waals surface area (Å²) < 4.78 is 20.4. The number of aromatic nitrogens is 2. The first kappa shape index (κ1) is 18.5. The largest absolute Gasteiger partial charge is 0.385 e. The first-order chi connectivity index (χ1) is 12.7. The van der Waals surface area contributed by atoms with Crippen molar-refractivity contribution < 1.29 is 13.9 Å². The van der Waals surface area contributed by atoms with Crippen molar-refractivity contribution in [2.45, 2.75) is 25.2 Å². The summed E-state index contributed by atoms with van der Waals surface area (Å²) >= 11 is 0. The van der Waals surface area contributed by atoms with Crippen LogP contribution in [0.1, 0.15) is 41.2 Å². The molecule has 2 heterocycles. The molecular formula is C19H25FN4O2. The SMILES string of the molecule is COCCCNC(=O)c1cnn(-c2cccc(F)c2)c1C1CCNCC1. The fourth-order valence-corrected chi connectivity index (χ4v) is 3.35. The van der Waals surface area contributed by atoms with Crippen molar-refractivity contribution in [1.82, 2.24) is 20.4 Å². The van der Waals surface area contributed by atoms with Crippen LogP contribution in [0.2, 0.25) is 0 Å². The molecule has 1 aliphatic heterocycles. The van der Waals surface area contributed by atoms with Gasteiger partial charge in [-0.1, -0.05) is 6.07 Å². The van der Waals surface area contributed by atoms with Crippen LogP contribution in [-0.2, 0) is 4.74 Å². The van der Waals surface area contributed by atoms with Gasteiger partial charge >= 0.3 is 0 Å². The normalized spacial score (nSPS) is 15.2. The first-order valence-corrected chi connectivity index (χ1v) is 9.02. The van der Waals surface area contributed by atoms with Gasteiger partial charge in [-0.3, -0.25) is 4.79 Å². The number of carbonyl (C=O) groups excluding carboxylic acids is 1. The minimum atomic E-state index is -0.320. The molecule has 1 aromatic heterocycles. The molecule has 0 atom stereocenters. The molecule has 1 aliphatic rings. The summed E-state index contributed by atoms with van der Waals surface area (Å²) in [7, 11) is 1.64. The second-order valence-electron chi connectivity index (χ2n) is 6.46. The molecule has 26 heavy (non-hydrogen) atoms. The van der Waals surface area contributed by atoms with Crippen LogP contribution in [0.15, 0.2) is 30.5 Å². The van der Waals surface area contributed by atoms with E-state index < -0.39 is 0 Å². The Kier molecular flexibility index (Phi) is 6.35. The number of amides is 1. The van der Waals surface area contributed by atoms with Gasteiger partial charge in [0.05, 0.1) is 23.1 Å². The molecule has 0 radical (unpaired) electrons. The monoisotopic (exact) mass is 360 g/mol. The number of hydrogen-bond acceptors (Lipinski definition) is 4. The Morgan fingerprint density at radius 1 is 1.42 bits per heavy atom. The molecule has 140 valence electrons. The van der Waals surface area contributed by atoms with E-state index >= 15 is 0 Å². The summed E-state index contributed by atoms with van der Waals surface area (Å²) in [5.74, 6) is -0.251. The van der Waals surface area contributed by atoms with Crippen LogP contribution in [0, 0.1) is 5.82 Å². The first-order valence-electron chi connectivity index (χ1n) is 9.02. The number of benzene rings is 1. The Balaban J connectivity index is 1.90. The Morgan fingerprint density at radius 2 is 2.23 bits per heavy atom. The van der Waals surface area contributed by atoms with Crippen LogP contribution in [0.5, 0.6) is 0 Å². The molecule has 7 heteroatoms. The van der Waals surface area contributed by atoms with Gasteiger partial charge in [-0.05, 0) is 50.6 Å². The van der Waals surface area contributed by atoms with Gasteiger partial charge in [0.2, 0.25) is 0 Å². The molecule has 1 amide bonds. The van der Waals surface area contributed by atoms with Gasteiger partial charge < -0.3 is 15.4 Å². The molecule has 0 spiro atoms. The van der Waals surface area contributed by atoms with Gasteiger partial charge in [-0.25, -0.2) is 9.07 Å². The van der Waals surface area contributed by atoms with Crippen molar-refractivity contribution in [2.75, 3.05) is 33.4 Å². The minimum Gasteiger partial charge on any atom is -0.385 e. The average molecular weight is 360 g/mol. The smallest absolute Gasteiger partial charge is 0.254 e. The van der Waals surface area contributed by atoms with Crippen molar-refractivity contribution in [1.29, 1.82) is 0 Å². The summed E-state index contributed by atoms with van der Waals surface area (Å²) in [4.78, 5) is 12.7. The lowest BCUT2D eigenvalue weighted by atomic mass is 9.91. The Labute approximate surface area is 152 Å². The van der Waals surface area contributed by atoms with E-state index in [2.05, 4.69) is 15.7 Å². The molecule has 2 N–H and O–H groups in total. The molecule has 3 rings (SSSR count). The van der Waals surface area contributed by atoms with Crippen LogP contribution >= 0.6 is 0 Å².